The summed E-state index contributed by atoms with van der Waals surface area (Å²) in [6.07, 6.45) is 0.471. The van der Waals surface area contributed by atoms with Crippen LogP contribution in [0.3, 0.4) is 0 Å². The van der Waals surface area contributed by atoms with Crippen molar-refractivity contribution in [1.82, 2.24) is 9.55 Å². The number of aromatic hydroxyl groups is 1. The van der Waals surface area contributed by atoms with Gasteiger partial charge in [0.1, 0.15) is 17.1 Å². The summed E-state index contributed by atoms with van der Waals surface area (Å²) >= 11 is 0. The van der Waals surface area contributed by atoms with Gasteiger partial charge in [0.05, 0.1) is 5.52 Å². The van der Waals surface area contributed by atoms with Gasteiger partial charge in [-0.3, -0.25) is 0 Å². The van der Waals surface area contributed by atoms with Gasteiger partial charge in [-0.2, -0.15) is 0 Å². The highest BCUT2D eigenvalue weighted by atomic mass is 19.1. The van der Waals surface area contributed by atoms with Gasteiger partial charge in [-0.25, -0.2) is 9.37 Å². The molecule has 21 heavy (non-hydrogen) atoms. The molecule has 0 aliphatic carbocycles. The monoisotopic (exact) mass is 284 g/mol. The van der Waals surface area contributed by atoms with Crippen molar-refractivity contribution in [3.05, 3.63) is 59.7 Å². The first-order valence-corrected chi connectivity index (χ1v) is 7.00. The molecule has 0 atom stereocenters. The van der Waals surface area contributed by atoms with E-state index < -0.39 is 0 Å². The first-order chi connectivity index (χ1) is 10.1. The van der Waals surface area contributed by atoms with E-state index in [4.69, 9.17) is 0 Å². The van der Waals surface area contributed by atoms with Crippen molar-refractivity contribution in [2.75, 3.05) is 0 Å². The SMILES string of the molecule is CC(C)n1c(Cc2ccccc2O)nc2c(F)cccc21. The third-order valence-corrected chi connectivity index (χ3v) is 3.60. The van der Waals surface area contributed by atoms with Gasteiger partial charge in [0.15, 0.2) is 5.82 Å². The van der Waals surface area contributed by atoms with Crippen LogP contribution in [0.1, 0.15) is 31.3 Å². The highest BCUT2D eigenvalue weighted by molar-refractivity contribution is 5.77. The smallest absolute Gasteiger partial charge is 0.151 e. The number of imidazole rings is 1. The van der Waals surface area contributed by atoms with E-state index in [2.05, 4.69) is 4.98 Å². The molecule has 3 nitrogen and oxygen atoms in total. The largest absolute Gasteiger partial charge is 0.508 e. The van der Waals surface area contributed by atoms with Crippen LogP contribution in [0, 0.1) is 5.82 Å². The molecule has 3 rings (SSSR count). The van der Waals surface area contributed by atoms with Crippen LogP contribution >= 0.6 is 0 Å². The fourth-order valence-electron chi connectivity index (χ4n) is 2.66. The van der Waals surface area contributed by atoms with E-state index in [0.29, 0.717) is 11.9 Å². The van der Waals surface area contributed by atoms with Gasteiger partial charge in [0.25, 0.3) is 0 Å². The summed E-state index contributed by atoms with van der Waals surface area (Å²) in [7, 11) is 0. The summed E-state index contributed by atoms with van der Waals surface area (Å²) < 4.78 is 16.0. The lowest BCUT2D eigenvalue weighted by Crippen LogP contribution is -2.07. The number of para-hydroxylation sites is 2. The van der Waals surface area contributed by atoms with Crippen molar-refractivity contribution in [2.24, 2.45) is 0 Å². The van der Waals surface area contributed by atoms with Crippen LogP contribution in [-0.4, -0.2) is 14.7 Å². The van der Waals surface area contributed by atoms with Crippen LogP contribution in [0.5, 0.6) is 5.75 Å². The first-order valence-electron chi connectivity index (χ1n) is 7.00. The molecular weight excluding hydrogens is 267 g/mol. The second kappa shape index (κ2) is 5.20. The van der Waals surface area contributed by atoms with E-state index >= 15 is 0 Å². The molecular formula is C17H17FN2O. The Labute approximate surface area is 122 Å². The second-order valence-corrected chi connectivity index (χ2v) is 5.40. The van der Waals surface area contributed by atoms with Crippen molar-refractivity contribution in [1.29, 1.82) is 0 Å². The highest BCUT2D eigenvalue weighted by Gasteiger charge is 2.16. The van der Waals surface area contributed by atoms with E-state index in [-0.39, 0.29) is 17.6 Å². The Hall–Kier alpha value is -2.36. The molecule has 2 aromatic carbocycles. The van der Waals surface area contributed by atoms with E-state index in [0.717, 1.165) is 16.9 Å². The minimum atomic E-state index is -0.314. The Kier molecular flexibility index (Phi) is 3.37. The first kappa shape index (κ1) is 13.6. The lowest BCUT2D eigenvalue weighted by atomic mass is 10.1. The summed E-state index contributed by atoms with van der Waals surface area (Å²) in [5.41, 5.74) is 1.96. The lowest BCUT2D eigenvalue weighted by Gasteiger charge is -2.13. The van der Waals surface area contributed by atoms with Crippen LogP contribution in [0.15, 0.2) is 42.5 Å². The van der Waals surface area contributed by atoms with E-state index in [1.54, 1.807) is 18.2 Å². The predicted octanol–water partition coefficient (Wildman–Crippen LogP) is 4.05. The summed E-state index contributed by atoms with van der Waals surface area (Å²) in [5.74, 6) is 0.678. The average molecular weight is 284 g/mol. The Balaban J connectivity index is 2.16. The lowest BCUT2D eigenvalue weighted by molar-refractivity contribution is 0.468. The summed E-state index contributed by atoms with van der Waals surface area (Å²) in [5, 5.41) is 9.92. The molecule has 0 amide bonds. The van der Waals surface area contributed by atoms with E-state index in [1.165, 1.54) is 6.07 Å². The molecule has 4 heteroatoms. The minimum Gasteiger partial charge on any atom is -0.508 e. The van der Waals surface area contributed by atoms with Gasteiger partial charge in [-0.05, 0) is 32.0 Å². The molecule has 0 aliphatic heterocycles. The molecule has 0 aliphatic rings. The molecule has 1 heterocycles. The molecule has 0 bridgehead atoms. The number of hydrogen-bond acceptors (Lipinski definition) is 2. The summed E-state index contributed by atoms with van der Waals surface area (Å²) in [4.78, 5) is 4.45. The summed E-state index contributed by atoms with van der Waals surface area (Å²) in [6.45, 7) is 4.08. The Morgan fingerprint density at radius 1 is 1.14 bits per heavy atom. The zero-order valence-corrected chi connectivity index (χ0v) is 12.0. The molecule has 1 aromatic heterocycles. The zero-order chi connectivity index (χ0) is 15.0. The van der Waals surface area contributed by atoms with Crippen molar-refractivity contribution in [2.45, 2.75) is 26.3 Å². The molecule has 0 saturated heterocycles. The third-order valence-electron chi connectivity index (χ3n) is 3.60. The number of rotatable bonds is 3. The Bertz CT molecular complexity index is 793. The normalized spacial score (nSPS) is 11.4. The average Bonchev–Trinajstić information content (AvgIpc) is 2.81. The van der Waals surface area contributed by atoms with Crippen molar-refractivity contribution in [3.63, 3.8) is 0 Å². The molecule has 0 unspecified atom stereocenters. The number of hydrogen-bond donors (Lipinski definition) is 1. The number of halogens is 1. The molecule has 0 radical (unpaired) electrons. The van der Waals surface area contributed by atoms with Gasteiger partial charge < -0.3 is 9.67 Å². The molecule has 3 aromatic rings. The van der Waals surface area contributed by atoms with Crippen molar-refractivity contribution in [3.8, 4) is 5.75 Å². The Morgan fingerprint density at radius 3 is 2.62 bits per heavy atom. The van der Waals surface area contributed by atoms with Crippen LogP contribution in [-0.2, 0) is 6.42 Å². The van der Waals surface area contributed by atoms with Crippen molar-refractivity contribution >= 4 is 11.0 Å². The van der Waals surface area contributed by atoms with Gasteiger partial charge in [0.2, 0.25) is 0 Å². The minimum absolute atomic E-state index is 0.164. The predicted molar refractivity (Wildman–Crippen MR) is 81.0 cm³/mol. The number of aromatic nitrogens is 2. The fraction of sp³-hybridized carbons (Fsp3) is 0.235. The number of nitrogens with zero attached hydrogens (tertiary/aromatic N) is 2. The van der Waals surface area contributed by atoms with Crippen LogP contribution in [0.4, 0.5) is 4.39 Å². The number of phenols is 1. The molecule has 1 N–H and O–H groups in total. The van der Waals surface area contributed by atoms with Crippen LogP contribution < -0.4 is 0 Å². The number of fused-ring (bicyclic) bond motifs is 1. The molecule has 0 fully saturated rings. The van der Waals surface area contributed by atoms with Gasteiger partial charge in [0, 0.05) is 18.0 Å². The number of phenolic OH excluding ortho intramolecular Hbond substituents is 1. The van der Waals surface area contributed by atoms with Crippen LogP contribution in [0.25, 0.3) is 11.0 Å². The molecule has 0 saturated carbocycles. The quantitative estimate of drug-likeness (QED) is 0.788. The van der Waals surface area contributed by atoms with Gasteiger partial charge in [-0.1, -0.05) is 24.3 Å². The maximum absolute atomic E-state index is 13.9. The van der Waals surface area contributed by atoms with Crippen LogP contribution in [0.2, 0.25) is 0 Å². The van der Waals surface area contributed by atoms with Gasteiger partial charge >= 0.3 is 0 Å². The number of benzene rings is 2. The molecule has 0 spiro atoms. The standard InChI is InChI=1S/C17H17FN2O/c1-11(2)20-14-8-5-7-13(18)17(14)19-16(20)10-12-6-3-4-9-15(12)21/h3-9,11,21H,10H2,1-2H3. The summed E-state index contributed by atoms with van der Waals surface area (Å²) in [6, 6.07) is 12.3. The fourth-order valence-corrected chi connectivity index (χ4v) is 2.66. The Morgan fingerprint density at radius 2 is 1.90 bits per heavy atom. The maximum atomic E-state index is 13.9. The second-order valence-electron chi connectivity index (χ2n) is 5.40. The van der Waals surface area contributed by atoms with E-state index in [9.17, 15) is 9.50 Å². The van der Waals surface area contributed by atoms with Gasteiger partial charge in [-0.15, -0.1) is 0 Å². The molecule has 108 valence electrons. The maximum Gasteiger partial charge on any atom is 0.151 e. The van der Waals surface area contributed by atoms with E-state index in [1.807, 2.05) is 36.6 Å². The van der Waals surface area contributed by atoms with Crippen molar-refractivity contribution < 1.29 is 9.50 Å². The third kappa shape index (κ3) is 2.37. The zero-order valence-electron chi connectivity index (χ0n) is 12.0. The highest BCUT2D eigenvalue weighted by Crippen LogP contribution is 2.26. The topological polar surface area (TPSA) is 38.0 Å².